The van der Waals surface area contributed by atoms with E-state index < -0.39 is 0 Å². The summed E-state index contributed by atoms with van der Waals surface area (Å²) in [7, 11) is 0. The van der Waals surface area contributed by atoms with Crippen molar-refractivity contribution in [3.8, 4) is 6.07 Å². The van der Waals surface area contributed by atoms with E-state index in [0.29, 0.717) is 11.1 Å². The van der Waals surface area contributed by atoms with Crippen LogP contribution < -0.4 is 5.32 Å². The highest BCUT2D eigenvalue weighted by molar-refractivity contribution is 5.94. The molecule has 1 rings (SSSR count). The van der Waals surface area contributed by atoms with E-state index >= 15 is 0 Å². The van der Waals surface area contributed by atoms with Gasteiger partial charge in [-0.25, -0.2) is 0 Å². The van der Waals surface area contributed by atoms with Crippen molar-refractivity contribution in [2.24, 2.45) is 0 Å². The lowest BCUT2D eigenvalue weighted by atomic mass is 10.1. The topological polar surface area (TPSA) is 52.9 Å². The van der Waals surface area contributed by atoms with Crippen LogP contribution in [0.1, 0.15) is 48.5 Å². The predicted octanol–water partition coefficient (Wildman–Crippen LogP) is 2.87. The maximum atomic E-state index is 11.7. The van der Waals surface area contributed by atoms with Crippen molar-refractivity contribution in [3.63, 3.8) is 0 Å². The Kier molecular flexibility index (Phi) is 5.81. The highest BCUT2D eigenvalue weighted by atomic mass is 16.1. The fraction of sp³-hybridized carbons (Fsp3) is 0.429. The Morgan fingerprint density at radius 3 is 2.53 bits per heavy atom. The van der Waals surface area contributed by atoms with Crippen LogP contribution >= 0.6 is 0 Å². The molecule has 0 aliphatic carbocycles. The third kappa shape index (κ3) is 4.69. The Balaban J connectivity index is 2.34. The zero-order chi connectivity index (χ0) is 12.5. The average Bonchev–Trinajstić information content (AvgIpc) is 2.38. The van der Waals surface area contributed by atoms with Crippen molar-refractivity contribution in [1.29, 1.82) is 5.26 Å². The largest absolute Gasteiger partial charge is 0.352 e. The maximum Gasteiger partial charge on any atom is 0.251 e. The minimum Gasteiger partial charge on any atom is -0.352 e. The molecule has 0 saturated heterocycles. The third-order valence-corrected chi connectivity index (χ3v) is 2.59. The summed E-state index contributed by atoms with van der Waals surface area (Å²) in [6, 6.07) is 8.71. The van der Waals surface area contributed by atoms with Crippen molar-refractivity contribution >= 4 is 5.91 Å². The molecule has 0 spiro atoms. The van der Waals surface area contributed by atoms with Crippen molar-refractivity contribution in [1.82, 2.24) is 5.32 Å². The first-order chi connectivity index (χ1) is 8.27. The smallest absolute Gasteiger partial charge is 0.251 e. The van der Waals surface area contributed by atoms with Gasteiger partial charge in [0.15, 0.2) is 0 Å². The Morgan fingerprint density at radius 2 is 1.94 bits per heavy atom. The van der Waals surface area contributed by atoms with Gasteiger partial charge in [0.1, 0.15) is 0 Å². The van der Waals surface area contributed by atoms with Gasteiger partial charge in [0.05, 0.1) is 11.6 Å². The van der Waals surface area contributed by atoms with Gasteiger partial charge in [-0.3, -0.25) is 4.79 Å². The van der Waals surface area contributed by atoms with E-state index in [0.717, 1.165) is 19.4 Å². The molecule has 0 aliphatic heterocycles. The summed E-state index contributed by atoms with van der Waals surface area (Å²) in [5.41, 5.74) is 1.18. The lowest BCUT2D eigenvalue weighted by Crippen LogP contribution is -2.24. The molecule has 0 fully saturated rings. The van der Waals surface area contributed by atoms with Gasteiger partial charge in [0.25, 0.3) is 5.91 Å². The molecule has 0 radical (unpaired) electrons. The number of carbonyl (C=O) groups is 1. The van der Waals surface area contributed by atoms with E-state index in [1.807, 2.05) is 6.07 Å². The van der Waals surface area contributed by atoms with Crippen molar-refractivity contribution < 1.29 is 4.79 Å². The molecule has 1 aromatic rings. The molecule has 0 unspecified atom stereocenters. The van der Waals surface area contributed by atoms with Crippen LogP contribution in [0.25, 0.3) is 0 Å². The van der Waals surface area contributed by atoms with E-state index in [4.69, 9.17) is 5.26 Å². The number of amides is 1. The second kappa shape index (κ2) is 7.45. The number of benzene rings is 1. The summed E-state index contributed by atoms with van der Waals surface area (Å²) in [4.78, 5) is 11.7. The highest BCUT2D eigenvalue weighted by Crippen LogP contribution is 2.03. The first-order valence-electron chi connectivity index (χ1n) is 6.06. The summed E-state index contributed by atoms with van der Waals surface area (Å²) in [5.74, 6) is -0.0639. The Morgan fingerprint density at radius 1 is 1.24 bits per heavy atom. The Labute approximate surface area is 102 Å². The predicted molar refractivity (Wildman–Crippen MR) is 67.6 cm³/mol. The molecule has 3 nitrogen and oxygen atoms in total. The molecular formula is C14H18N2O. The second-order valence-electron chi connectivity index (χ2n) is 4.01. The number of rotatable bonds is 6. The van der Waals surface area contributed by atoms with Crippen LogP contribution in [0.4, 0.5) is 0 Å². The number of hydrogen-bond donors (Lipinski definition) is 1. The number of hydrogen-bond acceptors (Lipinski definition) is 2. The zero-order valence-electron chi connectivity index (χ0n) is 10.2. The second-order valence-corrected chi connectivity index (χ2v) is 4.01. The first-order valence-corrected chi connectivity index (χ1v) is 6.06. The Bertz CT molecular complexity index is 390. The number of nitriles is 1. The van der Waals surface area contributed by atoms with Gasteiger partial charge in [-0.1, -0.05) is 26.2 Å². The summed E-state index contributed by atoms with van der Waals surface area (Å²) < 4.78 is 0. The number of nitrogens with one attached hydrogen (secondary N) is 1. The summed E-state index contributed by atoms with van der Waals surface area (Å²) in [5, 5.41) is 11.5. The van der Waals surface area contributed by atoms with Gasteiger partial charge in [-0.2, -0.15) is 5.26 Å². The molecule has 3 heteroatoms. The van der Waals surface area contributed by atoms with Crippen LogP contribution in [-0.4, -0.2) is 12.5 Å². The molecule has 0 aliphatic rings. The van der Waals surface area contributed by atoms with Crippen LogP contribution in [0.2, 0.25) is 0 Å². The molecule has 0 saturated carbocycles. The molecule has 1 N–H and O–H groups in total. The van der Waals surface area contributed by atoms with Crippen LogP contribution in [-0.2, 0) is 0 Å². The van der Waals surface area contributed by atoms with Crippen LogP contribution in [0.5, 0.6) is 0 Å². The van der Waals surface area contributed by atoms with E-state index in [9.17, 15) is 4.79 Å². The van der Waals surface area contributed by atoms with Gasteiger partial charge >= 0.3 is 0 Å². The summed E-state index contributed by atoms with van der Waals surface area (Å²) in [6.07, 6.45) is 4.59. The van der Waals surface area contributed by atoms with Crippen LogP contribution in [0.15, 0.2) is 24.3 Å². The summed E-state index contributed by atoms with van der Waals surface area (Å²) >= 11 is 0. The minimum absolute atomic E-state index is 0.0639. The number of carbonyl (C=O) groups excluding carboxylic acids is 1. The quantitative estimate of drug-likeness (QED) is 0.764. The monoisotopic (exact) mass is 230 g/mol. The van der Waals surface area contributed by atoms with Gasteiger partial charge in [-0.15, -0.1) is 0 Å². The van der Waals surface area contributed by atoms with Gasteiger partial charge in [0.2, 0.25) is 0 Å². The van der Waals surface area contributed by atoms with Gasteiger partial charge in [0, 0.05) is 12.1 Å². The van der Waals surface area contributed by atoms with E-state index in [-0.39, 0.29) is 5.91 Å². The molecular weight excluding hydrogens is 212 g/mol. The van der Waals surface area contributed by atoms with Crippen LogP contribution in [0.3, 0.4) is 0 Å². The molecule has 0 aromatic heterocycles. The lowest BCUT2D eigenvalue weighted by Gasteiger charge is -2.04. The van der Waals surface area contributed by atoms with E-state index in [2.05, 4.69) is 12.2 Å². The van der Waals surface area contributed by atoms with Crippen molar-refractivity contribution in [2.75, 3.05) is 6.54 Å². The molecule has 90 valence electrons. The fourth-order valence-electron chi connectivity index (χ4n) is 1.55. The fourth-order valence-corrected chi connectivity index (χ4v) is 1.55. The van der Waals surface area contributed by atoms with Crippen molar-refractivity contribution in [3.05, 3.63) is 35.4 Å². The van der Waals surface area contributed by atoms with E-state index in [1.54, 1.807) is 24.3 Å². The summed E-state index contributed by atoms with van der Waals surface area (Å²) in [6.45, 7) is 2.88. The average molecular weight is 230 g/mol. The van der Waals surface area contributed by atoms with Gasteiger partial charge in [-0.05, 0) is 30.7 Å². The highest BCUT2D eigenvalue weighted by Gasteiger charge is 2.03. The number of nitrogens with zero attached hydrogens (tertiary/aromatic N) is 1. The third-order valence-electron chi connectivity index (χ3n) is 2.59. The van der Waals surface area contributed by atoms with Crippen LogP contribution in [0, 0.1) is 11.3 Å². The Hall–Kier alpha value is -1.82. The van der Waals surface area contributed by atoms with E-state index in [1.165, 1.54) is 12.8 Å². The minimum atomic E-state index is -0.0639. The first kappa shape index (κ1) is 13.2. The number of unbranched alkanes of at least 4 members (excludes halogenated alkanes) is 3. The molecule has 0 heterocycles. The SMILES string of the molecule is CCCCCCNC(=O)c1ccc(C#N)cc1. The maximum absolute atomic E-state index is 11.7. The molecule has 1 aromatic carbocycles. The normalized spacial score (nSPS) is 9.65. The molecule has 0 bridgehead atoms. The standard InChI is InChI=1S/C14H18N2O/c1-2-3-4-5-10-16-14(17)13-8-6-12(11-15)7-9-13/h6-9H,2-5,10H2,1H3,(H,16,17). The lowest BCUT2D eigenvalue weighted by molar-refractivity contribution is 0.0953. The van der Waals surface area contributed by atoms with Gasteiger partial charge < -0.3 is 5.32 Å². The van der Waals surface area contributed by atoms with Crippen molar-refractivity contribution in [2.45, 2.75) is 32.6 Å². The molecule has 1 amide bonds. The molecule has 0 atom stereocenters. The molecule has 17 heavy (non-hydrogen) atoms. The zero-order valence-corrected chi connectivity index (χ0v) is 10.2.